The summed E-state index contributed by atoms with van der Waals surface area (Å²) in [5, 5.41) is 0. The molecule has 0 aromatic heterocycles. The van der Waals surface area contributed by atoms with Crippen molar-refractivity contribution in [3.63, 3.8) is 0 Å². The molecule has 2 aliphatic carbocycles. The highest BCUT2D eigenvalue weighted by molar-refractivity contribution is 6.09. The molecule has 0 spiro atoms. The molecular formula is C16H14. The fourth-order valence-corrected chi connectivity index (χ4v) is 3.41. The van der Waals surface area contributed by atoms with Gasteiger partial charge in [0.2, 0.25) is 0 Å². The van der Waals surface area contributed by atoms with Gasteiger partial charge in [0, 0.05) is 5.41 Å². The van der Waals surface area contributed by atoms with E-state index in [-0.39, 0.29) is 5.41 Å². The summed E-state index contributed by atoms with van der Waals surface area (Å²) in [5.74, 6) is 0. The van der Waals surface area contributed by atoms with E-state index in [0.717, 1.165) is 0 Å². The van der Waals surface area contributed by atoms with Gasteiger partial charge in [0.1, 0.15) is 0 Å². The van der Waals surface area contributed by atoms with Crippen LogP contribution in [0, 0.1) is 6.92 Å². The van der Waals surface area contributed by atoms with Crippen molar-refractivity contribution >= 4 is 0 Å². The van der Waals surface area contributed by atoms with Crippen molar-refractivity contribution in [2.75, 3.05) is 0 Å². The van der Waals surface area contributed by atoms with Crippen LogP contribution in [0.1, 0.15) is 30.5 Å². The van der Waals surface area contributed by atoms with Crippen LogP contribution in [0.25, 0.3) is 22.3 Å². The Morgan fingerprint density at radius 2 is 1.62 bits per heavy atom. The van der Waals surface area contributed by atoms with Crippen molar-refractivity contribution in [1.82, 2.24) is 0 Å². The molecule has 0 unspecified atom stereocenters. The quantitative estimate of drug-likeness (QED) is 0.515. The Morgan fingerprint density at radius 1 is 0.875 bits per heavy atom. The Balaban J connectivity index is 2.24. The predicted octanol–water partition coefficient (Wildman–Crippen LogP) is 4.28. The predicted molar refractivity (Wildman–Crippen MR) is 67.7 cm³/mol. The van der Waals surface area contributed by atoms with E-state index in [1.165, 1.54) is 38.9 Å². The lowest BCUT2D eigenvalue weighted by molar-refractivity contribution is 0.661. The van der Waals surface area contributed by atoms with Gasteiger partial charge < -0.3 is 0 Å². The second-order valence-corrected chi connectivity index (χ2v) is 5.59. The maximum absolute atomic E-state index is 2.36. The molecule has 0 N–H and O–H groups in total. The first-order valence-electron chi connectivity index (χ1n) is 5.90. The van der Waals surface area contributed by atoms with Crippen LogP contribution in [-0.2, 0) is 5.41 Å². The Morgan fingerprint density at radius 3 is 2.44 bits per heavy atom. The Kier molecular flexibility index (Phi) is 1.20. The fourth-order valence-electron chi connectivity index (χ4n) is 3.41. The molecule has 2 aromatic carbocycles. The van der Waals surface area contributed by atoms with Crippen LogP contribution >= 0.6 is 0 Å². The molecule has 2 aromatic rings. The zero-order chi connectivity index (χ0) is 11.1. The number of hydrogen-bond acceptors (Lipinski definition) is 0. The van der Waals surface area contributed by atoms with Gasteiger partial charge in [-0.05, 0) is 40.3 Å². The van der Waals surface area contributed by atoms with E-state index in [2.05, 4.69) is 51.1 Å². The lowest BCUT2D eigenvalue weighted by Crippen LogP contribution is -2.14. The lowest BCUT2D eigenvalue weighted by Gasteiger charge is -2.23. The minimum absolute atomic E-state index is 0.192. The third kappa shape index (κ3) is 0.694. The first-order valence-corrected chi connectivity index (χ1v) is 5.90. The summed E-state index contributed by atoms with van der Waals surface area (Å²) in [5.41, 5.74) is 10.6. The Hall–Kier alpha value is -1.56. The molecular weight excluding hydrogens is 192 g/mol. The highest BCUT2D eigenvalue weighted by Crippen LogP contribution is 2.61. The molecule has 0 bridgehead atoms. The molecule has 0 atom stereocenters. The second-order valence-electron chi connectivity index (χ2n) is 5.59. The summed E-state index contributed by atoms with van der Waals surface area (Å²) in [6, 6.07) is 11.4. The van der Waals surface area contributed by atoms with Crippen molar-refractivity contribution in [3.05, 3.63) is 47.0 Å². The maximum Gasteiger partial charge on any atom is 0.0159 e. The van der Waals surface area contributed by atoms with Crippen molar-refractivity contribution in [2.45, 2.75) is 26.2 Å². The number of hydrogen-bond donors (Lipinski definition) is 0. The molecule has 0 saturated carbocycles. The summed E-state index contributed by atoms with van der Waals surface area (Å²) in [4.78, 5) is 0. The third-order valence-electron chi connectivity index (χ3n) is 4.23. The number of benzene rings is 2. The van der Waals surface area contributed by atoms with Gasteiger partial charge in [0.05, 0.1) is 0 Å². The molecule has 2 aliphatic rings. The summed E-state index contributed by atoms with van der Waals surface area (Å²) in [7, 11) is 0. The van der Waals surface area contributed by atoms with Crippen LogP contribution in [0.5, 0.6) is 0 Å². The summed E-state index contributed by atoms with van der Waals surface area (Å²) in [6.45, 7) is 6.89. The first-order chi connectivity index (χ1) is 7.60. The zero-order valence-electron chi connectivity index (χ0n) is 9.89. The molecule has 0 radical (unpaired) electrons. The first kappa shape index (κ1) is 8.58. The Bertz CT molecular complexity index is 645. The zero-order valence-corrected chi connectivity index (χ0v) is 9.89. The lowest BCUT2D eigenvalue weighted by atomic mass is 9.80. The molecule has 16 heavy (non-hydrogen) atoms. The summed E-state index contributed by atoms with van der Waals surface area (Å²) >= 11 is 0. The van der Waals surface area contributed by atoms with E-state index >= 15 is 0 Å². The van der Waals surface area contributed by atoms with Crippen LogP contribution < -0.4 is 0 Å². The monoisotopic (exact) mass is 206 g/mol. The highest BCUT2D eigenvalue weighted by Gasteiger charge is 2.43. The van der Waals surface area contributed by atoms with Gasteiger partial charge in [-0.1, -0.05) is 49.7 Å². The van der Waals surface area contributed by atoms with Gasteiger partial charge in [-0.2, -0.15) is 0 Å². The molecule has 0 heteroatoms. The van der Waals surface area contributed by atoms with E-state index in [1.54, 1.807) is 0 Å². The smallest absolute Gasteiger partial charge is 0.0159 e. The molecule has 4 rings (SSSR count). The highest BCUT2D eigenvalue weighted by atomic mass is 14.5. The summed E-state index contributed by atoms with van der Waals surface area (Å²) < 4.78 is 0. The van der Waals surface area contributed by atoms with E-state index in [0.29, 0.717) is 0 Å². The Labute approximate surface area is 95.9 Å². The third-order valence-corrected chi connectivity index (χ3v) is 4.23. The number of aryl methyl sites for hydroxylation is 1. The second kappa shape index (κ2) is 2.24. The minimum atomic E-state index is 0.192. The van der Waals surface area contributed by atoms with Gasteiger partial charge in [-0.25, -0.2) is 0 Å². The van der Waals surface area contributed by atoms with E-state index < -0.39 is 0 Å². The molecule has 0 fully saturated rings. The van der Waals surface area contributed by atoms with Crippen molar-refractivity contribution in [1.29, 1.82) is 0 Å². The standard InChI is InChI=1S/C16H14/c1-9-7-11-10-5-4-6-12-14(10)15(11)13(8-9)16(12,2)3/h4-8H,1-3H3. The molecule has 0 saturated heterocycles. The molecule has 78 valence electrons. The van der Waals surface area contributed by atoms with E-state index in [4.69, 9.17) is 0 Å². The summed E-state index contributed by atoms with van der Waals surface area (Å²) in [6.07, 6.45) is 0. The van der Waals surface area contributed by atoms with Gasteiger partial charge >= 0.3 is 0 Å². The largest absolute Gasteiger partial charge is 0.0613 e. The maximum atomic E-state index is 2.36. The van der Waals surface area contributed by atoms with E-state index in [1.807, 2.05) is 0 Å². The van der Waals surface area contributed by atoms with Gasteiger partial charge in [-0.15, -0.1) is 0 Å². The van der Waals surface area contributed by atoms with Crippen LogP contribution in [0.4, 0.5) is 0 Å². The van der Waals surface area contributed by atoms with Crippen LogP contribution in [-0.4, -0.2) is 0 Å². The van der Waals surface area contributed by atoms with Crippen molar-refractivity contribution < 1.29 is 0 Å². The molecule has 0 nitrogen and oxygen atoms in total. The number of rotatable bonds is 0. The average Bonchev–Trinajstić information content (AvgIpc) is 2.46. The van der Waals surface area contributed by atoms with E-state index in [9.17, 15) is 0 Å². The molecule has 0 aliphatic heterocycles. The number of fused-ring (bicyclic) bond motifs is 1. The average molecular weight is 206 g/mol. The molecule has 0 amide bonds. The van der Waals surface area contributed by atoms with Crippen LogP contribution in [0.2, 0.25) is 0 Å². The van der Waals surface area contributed by atoms with Crippen molar-refractivity contribution in [2.24, 2.45) is 0 Å². The SMILES string of the molecule is Cc1cc2c3c(c1)C(C)(C)c1cccc-2c1-3. The van der Waals surface area contributed by atoms with Gasteiger partial charge in [-0.3, -0.25) is 0 Å². The molecule has 0 heterocycles. The minimum Gasteiger partial charge on any atom is -0.0613 e. The van der Waals surface area contributed by atoms with Crippen molar-refractivity contribution in [3.8, 4) is 22.3 Å². The fraction of sp³-hybridized carbons (Fsp3) is 0.250. The van der Waals surface area contributed by atoms with Crippen LogP contribution in [0.3, 0.4) is 0 Å². The topological polar surface area (TPSA) is 0 Å². The van der Waals surface area contributed by atoms with Gasteiger partial charge in [0.15, 0.2) is 0 Å². The normalized spacial score (nSPS) is 16.9. The van der Waals surface area contributed by atoms with Gasteiger partial charge in [0.25, 0.3) is 0 Å². The van der Waals surface area contributed by atoms with Crippen LogP contribution in [0.15, 0.2) is 30.3 Å².